The maximum atomic E-state index is 12.3. The van der Waals surface area contributed by atoms with E-state index in [2.05, 4.69) is 20.5 Å². The lowest BCUT2D eigenvalue weighted by molar-refractivity contribution is -0.119. The minimum atomic E-state index is 0.139. The zero-order valence-electron chi connectivity index (χ0n) is 16.7. The third-order valence-electron chi connectivity index (χ3n) is 5.41. The Hall–Kier alpha value is -2.12. The predicted octanol–water partition coefficient (Wildman–Crippen LogP) is 1.94. The van der Waals surface area contributed by atoms with Crippen molar-refractivity contribution in [3.05, 3.63) is 29.8 Å². The minimum Gasteiger partial charge on any atom is -0.379 e. The lowest BCUT2D eigenvalue weighted by atomic mass is 10.1. The van der Waals surface area contributed by atoms with Crippen LogP contribution in [0.4, 0.5) is 5.69 Å². The summed E-state index contributed by atoms with van der Waals surface area (Å²) in [6.07, 6.45) is 5.35. The van der Waals surface area contributed by atoms with Gasteiger partial charge in [0.25, 0.3) is 0 Å². The maximum Gasteiger partial charge on any atom is 0.227 e. The van der Waals surface area contributed by atoms with Gasteiger partial charge >= 0.3 is 0 Å². The highest BCUT2D eigenvalue weighted by atomic mass is 16.5. The molecule has 0 unspecified atom stereocenters. The Labute approximate surface area is 167 Å². The number of benzene rings is 1. The molecule has 3 rings (SSSR count). The first-order valence-corrected chi connectivity index (χ1v) is 10.4. The molecule has 28 heavy (non-hydrogen) atoms. The molecule has 7 heteroatoms. The van der Waals surface area contributed by atoms with E-state index in [-0.39, 0.29) is 11.8 Å². The number of guanidine groups is 1. The number of amides is 1. The Morgan fingerprint density at radius 3 is 2.82 bits per heavy atom. The number of carbonyl (C=O) groups excluding carboxylic acids is 1. The van der Waals surface area contributed by atoms with Gasteiger partial charge in [0.15, 0.2) is 5.96 Å². The monoisotopic (exact) mass is 387 g/mol. The van der Waals surface area contributed by atoms with Gasteiger partial charge in [-0.15, -0.1) is 0 Å². The van der Waals surface area contributed by atoms with E-state index in [9.17, 15) is 4.79 Å². The molecule has 0 bridgehead atoms. The summed E-state index contributed by atoms with van der Waals surface area (Å²) in [6, 6.07) is 7.84. The first kappa shape index (κ1) is 20.6. The highest BCUT2D eigenvalue weighted by Gasteiger charge is 2.22. The number of nitrogens with two attached hydrogens (primary N) is 1. The van der Waals surface area contributed by atoms with Crippen LogP contribution < -0.4 is 16.4 Å². The molecular weight excluding hydrogens is 354 g/mol. The molecule has 1 amide bonds. The lowest BCUT2D eigenvalue weighted by Gasteiger charge is -2.26. The van der Waals surface area contributed by atoms with Gasteiger partial charge in [0.1, 0.15) is 0 Å². The Bertz CT molecular complexity index is 652. The highest BCUT2D eigenvalue weighted by Crippen LogP contribution is 2.26. The molecule has 1 aliphatic carbocycles. The van der Waals surface area contributed by atoms with Gasteiger partial charge in [0.05, 0.1) is 19.8 Å². The van der Waals surface area contributed by atoms with Gasteiger partial charge in [-0.1, -0.05) is 25.0 Å². The summed E-state index contributed by atoms with van der Waals surface area (Å²) in [7, 11) is 0. The number of ether oxygens (including phenoxy) is 1. The number of nitrogens with one attached hydrogen (secondary N) is 2. The van der Waals surface area contributed by atoms with Gasteiger partial charge in [-0.05, 0) is 43.5 Å². The summed E-state index contributed by atoms with van der Waals surface area (Å²) >= 11 is 0. The summed E-state index contributed by atoms with van der Waals surface area (Å²) in [6.45, 7) is 6.04. The Kier molecular flexibility index (Phi) is 8.11. The van der Waals surface area contributed by atoms with Crippen LogP contribution in [0.3, 0.4) is 0 Å². The molecule has 7 nitrogen and oxygen atoms in total. The molecule has 0 spiro atoms. The van der Waals surface area contributed by atoms with Crippen LogP contribution in [0.15, 0.2) is 29.3 Å². The summed E-state index contributed by atoms with van der Waals surface area (Å²) < 4.78 is 5.35. The Morgan fingerprint density at radius 2 is 2.04 bits per heavy atom. The van der Waals surface area contributed by atoms with E-state index in [1.807, 2.05) is 24.3 Å². The molecule has 4 N–H and O–H groups in total. The molecule has 2 aliphatic rings. The van der Waals surface area contributed by atoms with Gasteiger partial charge in [-0.25, -0.2) is 4.99 Å². The zero-order chi connectivity index (χ0) is 19.6. The minimum absolute atomic E-state index is 0.139. The van der Waals surface area contributed by atoms with Gasteiger partial charge in [-0.2, -0.15) is 0 Å². The molecule has 154 valence electrons. The Balaban J connectivity index is 1.38. The van der Waals surface area contributed by atoms with Crippen molar-refractivity contribution in [3.8, 4) is 0 Å². The third kappa shape index (κ3) is 6.80. The molecule has 1 aliphatic heterocycles. The number of rotatable bonds is 8. The molecule has 1 aromatic carbocycles. The average Bonchev–Trinajstić information content (AvgIpc) is 3.26. The molecule has 1 aromatic rings. The van der Waals surface area contributed by atoms with E-state index < -0.39 is 0 Å². The fourth-order valence-corrected chi connectivity index (χ4v) is 3.76. The molecule has 0 aromatic heterocycles. The fourth-order valence-electron chi connectivity index (χ4n) is 3.76. The van der Waals surface area contributed by atoms with E-state index in [0.29, 0.717) is 12.5 Å². The highest BCUT2D eigenvalue weighted by molar-refractivity contribution is 5.92. The molecule has 1 saturated carbocycles. The van der Waals surface area contributed by atoms with Crippen molar-refractivity contribution in [1.29, 1.82) is 0 Å². The number of carbonyl (C=O) groups is 1. The van der Waals surface area contributed by atoms with Crippen molar-refractivity contribution in [3.63, 3.8) is 0 Å². The Morgan fingerprint density at radius 1 is 1.25 bits per heavy atom. The normalized spacial score (nSPS) is 18.9. The number of anilines is 1. The zero-order valence-corrected chi connectivity index (χ0v) is 16.7. The van der Waals surface area contributed by atoms with E-state index >= 15 is 0 Å². The lowest BCUT2D eigenvalue weighted by Crippen LogP contribution is -2.39. The van der Waals surface area contributed by atoms with Crippen molar-refractivity contribution >= 4 is 17.6 Å². The number of aliphatic imine (C=N–C) groups is 1. The van der Waals surface area contributed by atoms with Crippen LogP contribution in [-0.4, -0.2) is 56.2 Å². The SMILES string of the molecule is NC(=NCc1cccc(NC(=O)C2CCCC2)c1)NCCCN1CCOCC1. The third-order valence-corrected chi connectivity index (χ3v) is 5.41. The van der Waals surface area contributed by atoms with E-state index in [1.165, 1.54) is 0 Å². The first-order chi connectivity index (χ1) is 13.7. The van der Waals surface area contributed by atoms with Gasteiger partial charge in [0.2, 0.25) is 5.91 Å². The predicted molar refractivity (Wildman–Crippen MR) is 112 cm³/mol. The molecule has 1 saturated heterocycles. The fraction of sp³-hybridized carbons (Fsp3) is 0.619. The molecule has 2 fully saturated rings. The average molecular weight is 388 g/mol. The summed E-state index contributed by atoms with van der Waals surface area (Å²) in [5, 5.41) is 6.21. The summed E-state index contributed by atoms with van der Waals surface area (Å²) in [5.74, 6) is 0.765. The maximum absolute atomic E-state index is 12.3. The number of nitrogens with zero attached hydrogens (tertiary/aromatic N) is 2. The largest absolute Gasteiger partial charge is 0.379 e. The van der Waals surface area contributed by atoms with Crippen molar-refractivity contribution < 1.29 is 9.53 Å². The first-order valence-electron chi connectivity index (χ1n) is 10.4. The number of hydrogen-bond acceptors (Lipinski definition) is 4. The van der Waals surface area contributed by atoms with Crippen LogP contribution in [0.1, 0.15) is 37.7 Å². The number of morpholine rings is 1. The van der Waals surface area contributed by atoms with Crippen LogP contribution in [0.25, 0.3) is 0 Å². The van der Waals surface area contributed by atoms with Crippen LogP contribution in [0.2, 0.25) is 0 Å². The van der Waals surface area contributed by atoms with Gasteiger partial charge < -0.3 is 21.1 Å². The summed E-state index contributed by atoms with van der Waals surface area (Å²) in [5.41, 5.74) is 7.84. The standard InChI is InChI=1S/C21H33N5O2/c22-21(23-9-4-10-26-11-13-28-14-12-26)24-16-17-5-3-8-19(15-17)25-20(27)18-6-1-2-7-18/h3,5,8,15,18H,1-2,4,6-7,9-14,16H2,(H,25,27)(H3,22,23,24). The topological polar surface area (TPSA) is 92.0 Å². The number of hydrogen-bond donors (Lipinski definition) is 3. The van der Waals surface area contributed by atoms with Crippen molar-refractivity contribution in [1.82, 2.24) is 10.2 Å². The van der Waals surface area contributed by atoms with Crippen LogP contribution in [0, 0.1) is 5.92 Å². The quantitative estimate of drug-likeness (QED) is 0.360. The van der Waals surface area contributed by atoms with Crippen LogP contribution >= 0.6 is 0 Å². The van der Waals surface area contributed by atoms with Crippen molar-refractivity contribution in [2.75, 3.05) is 44.7 Å². The van der Waals surface area contributed by atoms with E-state index in [0.717, 1.165) is 82.7 Å². The molecule has 1 heterocycles. The molecular formula is C21H33N5O2. The van der Waals surface area contributed by atoms with Crippen molar-refractivity contribution in [2.24, 2.45) is 16.6 Å². The van der Waals surface area contributed by atoms with Crippen LogP contribution in [-0.2, 0) is 16.1 Å². The van der Waals surface area contributed by atoms with E-state index in [1.54, 1.807) is 0 Å². The summed E-state index contributed by atoms with van der Waals surface area (Å²) in [4.78, 5) is 19.1. The van der Waals surface area contributed by atoms with Gasteiger partial charge in [0, 0.05) is 31.2 Å². The second kappa shape index (κ2) is 11.0. The molecule has 0 radical (unpaired) electrons. The van der Waals surface area contributed by atoms with E-state index in [4.69, 9.17) is 10.5 Å². The van der Waals surface area contributed by atoms with Crippen molar-refractivity contribution in [2.45, 2.75) is 38.6 Å². The van der Waals surface area contributed by atoms with Crippen LogP contribution in [0.5, 0.6) is 0 Å². The second-order valence-electron chi connectivity index (χ2n) is 7.61. The molecule has 0 atom stereocenters. The van der Waals surface area contributed by atoms with Gasteiger partial charge in [-0.3, -0.25) is 9.69 Å². The second-order valence-corrected chi connectivity index (χ2v) is 7.61. The smallest absolute Gasteiger partial charge is 0.227 e.